The predicted molar refractivity (Wildman–Crippen MR) is 74.4 cm³/mol. The summed E-state index contributed by atoms with van der Waals surface area (Å²) < 4.78 is 48.3. The summed E-state index contributed by atoms with van der Waals surface area (Å²) in [5, 5.41) is 2.69. The van der Waals surface area contributed by atoms with Crippen LogP contribution in [0.5, 0.6) is 0 Å². The van der Waals surface area contributed by atoms with Crippen LogP contribution in [0.4, 0.5) is 8.78 Å². The van der Waals surface area contributed by atoms with Gasteiger partial charge in [0.05, 0.1) is 11.5 Å². The van der Waals surface area contributed by atoms with E-state index in [0.717, 1.165) is 12.1 Å². The van der Waals surface area contributed by atoms with Crippen LogP contribution in [0.3, 0.4) is 0 Å². The molecule has 1 atom stereocenters. The van der Waals surface area contributed by atoms with E-state index in [1.54, 1.807) is 0 Å². The summed E-state index contributed by atoms with van der Waals surface area (Å²) in [7, 11) is -2.94. The molecule has 7 heteroatoms. The Bertz CT molecular complexity index is 631. The number of sulfone groups is 1. The Kier molecular flexibility index (Phi) is 4.92. The summed E-state index contributed by atoms with van der Waals surface area (Å²) in [6.07, 6.45) is 1.04. The van der Waals surface area contributed by atoms with Crippen molar-refractivity contribution >= 4 is 15.7 Å². The minimum atomic E-state index is -2.94. The van der Waals surface area contributed by atoms with Crippen LogP contribution in [0, 0.1) is 17.6 Å². The third-order valence-corrected chi connectivity index (χ3v) is 5.38. The third-order valence-electron chi connectivity index (χ3n) is 3.54. The number of carbonyl (C=O) groups excluding carboxylic acids is 1. The van der Waals surface area contributed by atoms with Gasteiger partial charge in [0.1, 0.15) is 0 Å². The second kappa shape index (κ2) is 6.51. The maximum Gasteiger partial charge on any atom is 0.220 e. The van der Waals surface area contributed by atoms with Crippen molar-refractivity contribution in [3.63, 3.8) is 0 Å². The fraction of sp³-hybridized carbons (Fsp3) is 0.500. The van der Waals surface area contributed by atoms with E-state index >= 15 is 0 Å². The van der Waals surface area contributed by atoms with Crippen molar-refractivity contribution in [1.29, 1.82) is 0 Å². The van der Waals surface area contributed by atoms with Crippen molar-refractivity contribution in [2.75, 3.05) is 18.1 Å². The second-order valence-corrected chi connectivity index (χ2v) is 7.55. The van der Waals surface area contributed by atoms with Crippen molar-refractivity contribution in [2.45, 2.75) is 19.3 Å². The van der Waals surface area contributed by atoms with Gasteiger partial charge in [0.15, 0.2) is 21.5 Å². The lowest BCUT2D eigenvalue weighted by molar-refractivity contribution is -0.121. The van der Waals surface area contributed by atoms with E-state index < -0.39 is 21.5 Å². The molecule has 1 amide bonds. The van der Waals surface area contributed by atoms with Gasteiger partial charge >= 0.3 is 0 Å². The van der Waals surface area contributed by atoms with E-state index in [9.17, 15) is 22.0 Å². The van der Waals surface area contributed by atoms with Gasteiger partial charge in [-0.15, -0.1) is 0 Å². The van der Waals surface area contributed by atoms with Gasteiger partial charge in [-0.3, -0.25) is 4.79 Å². The van der Waals surface area contributed by atoms with E-state index in [2.05, 4.69) is 5.32 Å². The molecule has 1 aromatic rings. The highest BCUT2D eigenvalue weighted by Crippen LogP contribution is 2.17. The molecule has 0 saturated carbocycles. The summed E-state index contributed by atoms with van der Waals surface area (Å²) in [5.41, 5.74) is 0.549. The molecule has 0 aliphatic carbocycles. The van der Waals surface area contributed by atoms with Gasteiger partial charge < -0.3 is 5.32 Å². The molecule has 2 rings (SSSR count). The standard InChI is InChI=1S/C14H17F2NO3S/c15-12-3-1-10(7-13(12)16)2-4-14(18)17-8-11-5-6-21(19,20)9-11/h1,3,7,11H,2,4-6,8-9H2,(H,17,18)/t11-/m0/s1. The minimum absolute atomic E-state index is 0.0257. The largest absolute Gasteiger partial charge is 0.356 e. The molecule has 4 nitrogen and oxygen atoms in total. The number of hydrogen-bond donors (Lipinski definition) is 1. The summed E-state index contributed by atoms with van der Waals surface area (Å²) in [6.45, 7) is 0.343. The van der Waals surface area contributed by atoms with Crippen molar-refractivity contribution in [3.8, 4) is 0 Å². The van der Waals surface area contributed by atoms with Gasteiger partial charge in [-0.25, -0.2) is 17.2 Å². The highest BCUT2D eigenvalue weighted by atomic mass is 32.2. The van der Waals surface area contributed by atoms with Gasteiger partial charge in [0, 0.05) is 13.0 Å². The Balaban J connectivity index is 1.74. The number of halogens is 2. The Hall–Kier alpha value is -1.50. The Labute approximate surface area is 122 Å². The normalized spacial score (nSPS) is 20.4. The number of rotatable bonds is 5. The fourth-order valence-corrected chi connectivity index (χ4v) is 4.19. The molecule has 0 radical (unpaired) electrons. The first-order valence-electron chi connectivity index (χ1n) is 6.77. The number of aryl methyl sites for hydroxylation is 1. The monoisotopic (exact) mass is 317 g/mol. The molecular weight excluding hydrogens is 300 g/mol. The maximum atomic E-state index is 13.0. The van der Waals surface area contributed by atoms with Crippen LogP contribution in [0.15, 0.2) is 18.2 Å². The average molecular weight is 317 g/mol. The number of nitrogens with one attached hydrogen (secondary N) is 1. The zero-order valence-corrected chi connectivity index (χ0v) is 12.3. The summed E-state index contributed by atoms with van der Waals surface area (Å²) in [6, 6.07) is 3.55. The SMILES string of the molecule is O=C(CCc1ccc(F)c(F)c1)NC[C@@H]1CCS(=O)(=O)C1. The number of amides is 1. The van der Waals surface area contributed by atoms with Gasteiger partial charge in [-0.2, -0.15) is 0 Å². The van der Waals surface area contributed by atoms with Crippen LogP contribution in [-0.2, 0) is 21.1 Å². The second-order valence-electron chi connectivity index (χ2n) is 5.32. The highest BCUT2D eigenvalue weighted by Gasteiger charge is 2.27. The molecular formula is C14H17F2NO3S. The van der Waals surface area contributed by atoms with Gasteiger partial charge in [-0.05, 0) is 36.5 Å². The first-order chi connectivity index (χ1) is 9.85. The quantitative estimate of drug-likeness (QED) is 0.894. The molecule has 1 fully saturated rings. The molecule has 0 bridgehead atoms. The molecule has 1 aliphatic heterocycles. The smallest absolute Gasteiger partial charge is 0.220 e. The van der Waals surface area contributed by atoms with E-state index in [1.165, 1.54) is 6.07 Å². The molecule has 116 valence electrons. The molecule has 21 heavy (non-hydrogen) atoms. The van der Waals surface area contributed by atoms with Gasteiger partial charge in [0.2, 0.25) is 5.91 Å². The van der Waals surface area contributed by atoms with Crippen LogP contribution in [0.2, 0.25) is 0 Å². The zero-order chi connectivity index (χ0) is 15.5. The number of hydrogen-bond acceptors (Lipinski definition) is 3. The van der Waals surface area contributed by atoms with Crippen molar-refractivity contribution in [1.82, 2.24) is 5.32 Å². The van der Waals surface area contributed by atoms with Crippen molar-refractivity contribution < 1.29 is 22.0 Å². The first-order valence-corrected chi connectivity index (χ1v) is 8.59. The van der Waals surface area contributed by atoms with Gasteiger partial charge in [0.25, 0.3) is 0 Å². The van der Waals surface area contributed by atoms with E-state index in [1.807, 2.05) is 0 Å². The topological polar surface area (TPSA) is 63.2 Å². The van der Waals surface area contributed by atoms with Crippen LogP contribution >= 0.6 is 0 Å². The van der Waals surface area contributed by atoms with E-state index in [-0.39, 0.29) is 29.8 Å². The molecule has 1 saturated heterocycles. The Morgan fingerprint density at radius 3 is 2.67 bits per heavy atom. The lowest BCUT2D eigenvalue weighted by Crippen LogP contribution is -2.29. The molecule has 1 N–H and O–H groups in total. The summed E-state index contributed by atoms with van der Waals surface area (Å²) in [4.78, 5) is 11.7. The molecule has 1 heterocycles. The fourth-order valence-electron chi connectivity index (χ4n) is 2.33. The van der Waals surface area contributed by atoms with E-state index in [4.69, 9.17) is 0 Å². The van der Waals surface area contributed by atoms with Crippen LogP contribution in [0.25, 0.3) is 0 Å². The van der Waals surface area contributed by atoms with E-state index in [0.29, 0.717) is 24.9 Å². The van der Waals surface area contributed by atoms with Crippen LogP contribution in [0.1, 0.15) is 18.4 Å². The van der Waals surface area contributed by atoms with Crippen LogP contribution < -0.4 is 5.32 Å². The van der Waals surface area contributed by atoms with Crippen LogP contribution in [-0.4, -0.2) is 32.4 Å². The maximum absolute atomic E-state index is 13.0. The van der Waals surface area contributed by atoms with Gasteiger partial charge in [-0.1, -0.05) is 6.07 Å². The molecule has 0 spiro atoms. The predicted octanol–water partition coefficient (Wildman–Crippen LogP) is 1.45. The van der Waals surface area contributed by atoms with Crippen molar-refractivity contribution in [2.24, 2.45) is 5.92 Å². The zero-order valence-electron chi connectivity index (χ0n) is 11.4. The molecule has 1 aliphatic rings. The lowest BCUT2D eigenvalue weighted by Gasteiger charge is -2.09. The third kappa shape index (κ3) is 4.77. The summed E-state index contributed by atoms with van der Waals surface area (Å²) in [5.74, 6) is -1.78. The minimum Gasteiger partial charge on any atom is -0.356 e. The first kappa shape index (κ1) is 15.9. The highest BCUT2D eigenvalue weighted by molar-refractivity contribution is 7.91. The average Bonchev–Trinajstić information content (AvgIpc) is 2.77. The lowest BCUT2D eigenvalue weighted by atomic mass is 10.1. The molecule has 1 aromatic carbocycles. The molecule has 0 aromatic heterocycles. The Morgan fingerprint density at radius 2 is 2.05 bits per heavy atom. The Morgan fingerprint density at radius 1 is 1.29 bits per heavy atom. The number of benzene rings is 1. The van der Waals surface area contributed by atoms with Crippen molar-refractivity contribution in [3.05, 3.63) is 35.4 Å². The molecule has 0 unspecified atom stereocenters. The number of carbonyl (C=O) groups is 1. The summed E-state index contributed by atoms with van der Waals surface area (Å²) >= 11 is 0.